The molecule has 254 valence electrons. The number of furan rings is 3. The zero-order chi connectivity index (χ0) is 34.9. The number of carbonyl (C=O) groups excluding carboxylic acids is 1. The maximum Gasteiger partial charge on any atom is 0.309 e. The summed E-state index contributed by atoms with van der Waals surface area (Å²) in [5.74, 6) is -2.27. The molecular formula is C35H25NO12S2. The quantitative estimate of drug-likeness (QED) is 0.119. The van der Waals surface area contributed by atoms with Crippen molar-refractivity contribution in [1.29, 1.82) is 0 Å². The van der Waals surface area contributed by atoms with E-state index in [1.165, 1.54) is 24.2 Å². The van der Waals surface area contributed by atoms with Gasteiger partial charge in [0.25, 0.3) is 20.2 Å². The van der Waals surface area contributed by atoms with Crippen molar-refractivity contribution >= 4 is 92.8 Å². The maximum atomic E-state index is 12.6. The summed E-state index contributed by atoms with van der Waals surface area (Å²) in [7, 11) is -8.01. The van der Waals surface area contributed by atoms with E-state index in [1.54, 1.807) is 36.4 Å². The number of allylic oxidation sites excluding steroid dienone is 1. The lowest BCUT2D eigenvalue weighted by Crippen LogP contribution is -2.27. The van der Waals surface area contributed by atoms with E-state index in [1.807, 2.05) is 36.4 Å². The largest absolute Gasteiger partial charge is 0.469 e. The van der Waals surface area contributed by atoms with E-state index in [4.69, 9.17) is 22.7 Å². The number of hydrogen-bond donors (Lipinski definition) is 2. The summed E-state index contributed by atoms with van der Waals surface area (Å²) in [5, 5.41) is 3.37. The first-order valence-electron chi connectivity index (χ1n) is 15.0. The van der Waals surface area contributed by atoms with Crippen LogP contribution >= 0.6 is 0 Å². The summed E-state index contributed by atoms with van der Waals surface area (Å²) in [4.78, 5) is 13.8. The number of para-hydroxylation sites is 2. The molecule has 3 aromatic heterocycles. The third-order valence-electron chi connectivity index (χ3n) is 8.37. The van der Waals surface area contributed by atoms with Crippen molar-refractivity contribution in [2.45, 2.75) is 12.2 Å². The van der Waals surface area contributed by atoms with Crippen molar-refractivity contribution < 1.29 is 53.5 Å². The summed E-state index contributed by atoms with van der Waals surface area (Å²) in [6.45, 7) is 0. The molecule has 0 unspecified atom stereocenters. The number of benzene rings is 4. The van der Waals surface area contributed by atoms with Gasteiger partial charge in [-0.25, -0.2) is 0 Å². The molecule has 15 heteroatoms. The van der Waals surface area contributed by atoms with Gasteiger partial charge >= 0.3 is 5.97 Å². The zero-order valence-electron chi connectivity index (χ0n) is 25.9. The Labute approximate surface area is 283 Å². The third kappa shape index (κ3) is 5.75. The monoisotopic (exact) mass is 715 g/mol. The van der Waals surface area contributed by atoms with Crippen LogP contribution < -0.4 is 9.64 Å². The van der Waals surface area contributed by atoms with Gasteiger partial charge < -0.3 is 22.7 Å². The molecule has 1 aliphatic heterocycles. The summed E-state index contributed by atoms with van der Waals surface area (Å²) in [6, 6.07) is 21.2. The van der Waals surface area contributed by atoms with Crippen molar-refractivity contribution in [1.82, 2.24) is 0 Å². The highest BCUT2D eigenvalue weighted by atomic mass is 32.2. The van der Waals surface area contributed by atoms with Crippen molar-refractivity contribution in [3.63, 3.8) is 0 Å². The number of hydrogen-bond acceptors (Lipinski definition) is 11. The molecule has 50 heavy (non-hydrogen) atoms. The highest BCUT2D eigenvalue weighted by Gasteiger charge is 2.32. The van der Waals surface area contributed by atoms with Crippen molar-refractivity contribution in [2.24, 2.45) is 0 Å². The molecule has 4 aromatic carbocycles. The van der Waals surface area contributed by atoms with Gasteiger partial charge in [0, 0.05) is 44.6 Å². The molecule has 8 rings (SSSR count). The van der Waals surface area contributed by atoms with Crippen LogP contribution in [0.1, 0.15) is 17.7 Å². The first kappa shape index (κ1) is 31.6. The molecule has 0 bridgehead atoms. The van der Waals surface area contributed by atoms with E-state index >= 15 is 0 Å². The van der Waals surface area contributed by atoms with Gasteiger partial charge in [-0.15, -0.1) is 0 Å². The lowest BCUT2D eigenvalue weighted by Gasteiger charge is -2.16. The van der Waals surface area contributed by atoms with Gasteiger partial charge in [0.2, 0.25) is 5.88 Å². The number of anilines is 1. The van der Waals surface area contributed by atoms with Crippen LogP contribution in [0.5, 0.6) is 5.75 Å². The fourth-order valence-electron chi connectivity index (χ4n) is 6.27. The Hall–Kier alpha value is -5.61. The van der Waals surface area contributed by atoms with Gasteiger partial charge in [0.05, 0.1) is 19.2 Å². The molecule has 0 aliphatic carbocycles. The number of rotatable bonds is 8. The maximum absolute atomic E-state index is 12.6. The number of methoxy groups -OCH3 is 1. The van der Waals surface area contributed by atoms with Crippen LogP contribution in [-0.2, 0) is 35.5 Å². The smallest absolute Gasteiger partial charge is 0.309 e. The molecule has 0 amide bonds. The number of ether oxygens (including phenoxy) is 2. The molecule has 0 radical (unpaired) electrons. The van der Waals surface area contributed by atoms with Crippen LogP contribution in [0.25, 0.3) is 60.9 Å². The van der Waals surface area contributed by atoms with E-state index in [0.717, 1.165) is 10.8 Å². The van der Waals surface area contributed by atoms with Gasteiger partial charge in [-0.1, -0.05) is 36.4 Å². The topological polar surface area (TPSA) is 187 Å². The normalized spacial score (nSPS) is 14.8. The number of carbonyl (C=O) groups is 1. The van der Waals surface area contributed by atoms with Crippen LogP contribution in [0, 0.1) is 0 Å². The molecule has 0 fully saturated rings. The molecule has 2 N–H and O–H groups in total. The minimum Gasteiger partial charge on any atom is -0.469 e. The number of esters is 1. The van der Waals surface area contributed by atoms with Crippen LogP contribution in [0.4, 0.5) is 5.69 Å². The predicted octanol–water partition coefficient (Wildman–Crippen LogP) is 7.15. The standard InChI is InChI=1S/C35H25NO12S2/c1-44-35(37)12-19(10-29-25(17-49(38,39)40)24-14-30-22(13-31(24)47-29)20-6-2-4-8-27(20)45-30)11-34-36(18-50(41,42)43)26-16-32-23(15-33(26)48-34)21-7-3-5-9-28(21)46-32/h2-11,13-16H,12,17-18H2,1H3,(H,38,39,40)(H,41,42,43)/b19-10+,34-11+. The van der Waals surface area contributed by atoms with Crippen LogP contribution in [-0.4, -0.2) is 44.9 Å². The van der Waals surface area contributed by atoms with E-state index in [2.05, 4.69) is 0 Å². The number of nitrogens with zero attached hydrogens (tertiary/aromatic N) is 1. The summed E-state index contributed by atoms with van der Waals surface area (Å²) >= 11 is 0. The Morgan fingerprint density at radius 2 is 1.36 bits per heavy atom. The van der Waals surface area contributed by atoms with Crippen molar-refractivity contribution in [3.05, 3.63) is 102 Å². The van der Waals surface area contributed by atoms with E-state index < -0.39 is 37.8 Å². The Morgan fingerprint density at radius 3 is 2.00 bits per heavy atom. The van der Waals surface area contributed by atoms with E-state index in [0.29, 0.717) is 38.5 Å². The van der Waals surface area contributed by atoms with Crippen LogP contribution in [0.15, 0.2) is 104 Å². The molecule has 0 atom stereocenters. The van der Waals surface area contributed by atoms with Gasteiger partial charge in [-0.3, -0.25) is 18.8 Å². The Morgan fingerprint density at radius 1 is 0.760 bits per heavy atom. The highest BCUT2D eigenvalue weighted by molar-refractivity contribution is 7.85. The van der Waals surface area contributed by atoms with Gasteiger partial charge in [-0.05, 0) is 42.0 Å². The molecule has 7 aromatic rings. The van der Waals surface area contributed by atoms with Crippen molar-refractivity contribution in [2.75, 3.05) is 17.9 Å². The lowest BCUT2D eigenvalue weighted by molar-refractivity contribution is -0.139. The minimum atomic E-state index is -4.62. The second-order valence-electron chi connectivity index (χ2n) is 11.7. The van der Waals surface area contributed by atoms with Gasteiger partial charge in [-0.2, -0.15) is 16.8 Å². The lowest BCUT2D eigenvalue weighted by atomic mass is 10.1. The second kappa shape index (κ2) is 11.5. The second-order valence-corrected chi connectivity index (χ2v) is 14.6. The minimum absolute atomic E-state index is 0.00818. The molecule has 0 saturated heterocycles. The molecule has 0 spiro atoms. The fraction of sp³-hybridized carbons (Fsp3) is 0.114. The molecule has 4 heterocycles. The highest BCUT2D eigenvalue weighted by Crippen LogP contribution is 2.45. The van der Waals surface area contributed by atoms with Gasteiger partial charge in [0.15, 0.2) is 11.6 Å². The average molecular weight is 716 g/mol. The molecule has 1 aliphatic rings. The summed E-state index contributed by atoms with van der Waals surface area (Å²) in [6.07, 6.45) is 2.34. The Kier molecular flexibility index (Phi) is 7.27. The molecule has 13 nitrogen and oxygen atoms in total. The fourth-order valence-corrected chi connectivity index (χ4v) is 7.52. The number of fused-ring (bicyclic) bond motifs is 8. The zero-order valence-corrected chi connectivity index (χ0v) is 27.6. The van der Waals surface area contributed by atoms with Gasteiger partial charge in [0.1, 0.15) is 39.4 Å². The van der Waals surface area contributed by atoms with E-state index in [-0.39, 0.29) is 46.2 Å². The first-order chi connectivity index (χ1) is 23.8. The SMILES string of the molecule is COC(=O)CC(=C/c1oc2cc3c(cc2c1CS(=O)(=O)O)oc1ccccc13)/C=C1/Oc2cc3c(cc2N1CS(=O)(=O)O)oc1ccccc13. The third-order valence-corrected chi connectivity index (χ3v) is 9.61. The summed E-state index contributed by atoms with van der Waals surface area (Å²) < 4.78 is 97.8. The van der Waals surface area contributed by atoms with E-state index in [9.17, 15) is 30.7 Å². The average Bonchev–Trinajstić information content (AvgIpc) is 3.78. The van der Waals surface area contributed by atoms with Crippen LogP contribution in [0.2, 0.25) is 0 Å². The van der Waals surface area contributed by atoms with Crippen molar-refractivity contribution in [3.8, 4) is 5.75 Å². The first-order valence-corrected chi connectivity index (χ1v) is 18.2. The predicted molar refractivity (Wildman–Crippen MR) is 185 cm³/mol. The molecule has 0 saturated carbocycles. The Balaban J connectivity index is 1.30. The molecular weight excluding hydrogens is 691 g/mol. The Bertz CT molecular complexity index is 2840. The van der Waals surface area contributed by atoms with Crippen LogP contribution in [0.3, 0.4) is 0 Å². The summed E-state index contributed by atoms with van der Waals surface area (Å²) in [5.41, 5.74) is 2.92.